The van der Waals surface area contributed by atoms with Gasteiger partial charge in [-0.25, -0.2) is 13.1 Å². The highest BCUT2D eigenvalue weighted by molar-refractivity contribution is 9.10. The topological polar surface area (TPSA) is 64.0 Å². The van der Waals surface area contributed by atoms with Crippen LogP contribution in [0.4, 0.5) is 13.2 Å². The summed E-state index contributed by atoms with van der Waals surface area (Å²) in [6, 6.07) is 2.34. The van der Waals surface area contributed by atoms with Crippen LogP contribution in [0.5, 0.6) is 0 Å². The first-order valence-electron chi connectivity index (χ1n) is 7.29. The summed E-state index contributed by atoms with van der Waals surface area (Å²) in [5, 5.41) is 3.56. The summed E-state index contributed by atoms with van der Waals surface area (Å²) in [5.41, 5.74) is -0.735. The first-order valence-corrected chi connectivity index (χ1v) is 10.7. The molecule has 1 N–H and O–H groups in total. The molecule has 1 heterocycles. The van der Waals surface area contributed by atoms with Gasteiger partial charge in [0.15, 0.2) is 5.69 Å². The van der Waals surface area contributed by atoms with Crippen molar-refractivity contribution in [3.05, 3.63) is 43.1 Å². The van der Waals surface area contributed by atoms with E-state index in [9.17, 15) is 21.6 Å². The smallest absolute Gasteiger partial charge is 0.268 e. The van der Waals surface area contributed by atoms with Gasteiger partial charge in [-0.3, -0.25) is 4.68 Å². The highest BCUT2D eigenvalue weighted by Gasteiger charge is 2.37. The first-order chi connectivity index (χ1) is 12.3. The monoisotopic (exact) mass is 527 g/mol. The van der Waals surface area contributed by atoms with Gasteiger partial charge in [0.25, 0.3) is 0 Å². The number of aromatic nitrogens is 2. The molecule has 1 aromatic carbocycles. The van der Waals surface area contributed by atoms with E-state index in [0.717, 1.165) is 10.7 Å². The maximum absolute atomic E-state index is 12.8. The lowest BCUT2D eigenvalue weighted by Crippen LogP contribution is -2.26. The Bertz CT molecular complexity index is 965. The molecule has 0 unspecified atom stereocenters. The predicted octanol–water partition coefficient (Wildman–Crippen LogP) is 5.30. The number of rotatable bonds is 6. The molecule has 27 heavy (non-hydrogen) atoms. The van der Waals surface area contributed by atoms with Crippen LogP contribution in [0.2, 0.25) is 15.1 Å². The fraction of sp³-hybridized carbons (Fsp3) is 0.357. The number of hydrogen-bond donors (Lipinski definition) is 1. The Morgan fingerprint density at radius 2 is 1.78 bits per heavy atom. The lowest BCUT2D eigenvalue weighted by Gasteiger charge is -2.10. The third kappa shape index (κ3) is 5.30. The normalized spacial score (nSPS) is 12.6. The molecule has 0 amide bonds. The predicted molar refractivity (Wildman–Crippen MR) is 101 cm³/mol. The lowest BCUT2D eigenvalue weighted by atomic mass is 10.3. The fourth-order valence-corrected chi connectivity index (χ4v) is 4.73. The van der Waals surface area contributed by atoms with Crippen LogP contribution in [0.1, 0.15) is 17.8 Å². The third-order valence-corrected chi connectivity index (χ3v) is 7.10. The van der Waals surface area contributed by atoms with Crippen LogP contribution in [0.25, 0.3) is 0 Å². The minimum Gasteiger partial charge on any atom is -0.268 e. The average Bonchev–Trinajstić information content (AvgIpc) is 2.83. The Hall–Kier alpha value is -0.520. The van der Waals surface area contributed by atoms with E-state index < -0.39 is 21.9 Å². The van der Waals surface area contributed by atoms with Crippen LogP contribution in [-0.2, 0) is 22.7 Å². The molecule has 2 aromatic rings. The zero-order valence-corrected chi connectivity index (χ0v) is 18.2. The molecular weight excluding hydrogens is 517 g/mol. The van der Waals surface area contributed by atoms with Crippen molar-refractivity contribution in [1.29, 1.82) is 0 Å². The van der Waals surface area contributed by atoms with Crippen molar-refractivity contribution in [2.45, 2.75) is 31.0 Å². The maximum atomic E-state index is 12.8. The van der Waals surface area contributed by atoms with Crippen molar-refractivity contribution in [2.24, 2.45) is 0 Å². The van der Waals surface area contributed by atoms with Crippen molar-refractivity contribution in [1.82, 2.24) is 14.5 Å². The zero-order chi connectivity index (χ0) is 20.6. The van der Waals surface area contributed by atoms with E-state index in [2.05, 4.69) is 25.8 Å². The van der Waals surface area contributed by atoms with E-state index in [1.54, 1.807) is 0 Å². The van der Waals surface area contributed by atoms with Gasteiger partial charge in [0.1, 0.15) is 4.90 Å². The summed E-state index contributed by atoms with van der Waals surface area (Å²) in [6.07, 6.45) is -4.38. The molecule has 13 heteroatoms. The second kappa shape index (κ2) is 8.46. The minimum absolute atomic E-state index is 0.0261. The van der Waals surface area contributed by atoms with E-state index in [1.807, 2.05) is 0 Å². The number of aryl methyl sites for hydroxylation is 1. The number of alkyl halides is 3. The molecule has 0 radical (unpaired) electrons. The van der Waals surface area contributed by atoms with Crippen LogP contribution in [0.15, 0.2) is 21.5 Å². The number of nitrogens with zero attached hydrogens (tertiary/aromatic N) is 2. The quantitative estimate of drug-likeness (QED) is 0.408. The molecule has 0 saturated carbocycles. The molecule has 0 aliphatic carbocycles. The molecule has 0 spiro atoms. The van der Waals surface area contributed by atoms with Gasteiger partial charge >= 0.3 is 6.18 Å². The molecule has 0 saturated heterocycles. The fourth-order valence-electron chi connectivity index (χ4n) is 2.15. The van der Waals surface area contributed by atoms with Gasteiger partial charge in [0.2, 0.25) is 10.0 Å². The second-order valence-corrected chi connectivity index (χ2v) is 9.17. The summed E-state index contributed by atoms with van der Waals surface area (Å²) >= 11 is 20.3. The maximum Gasteiger partial charge on any atom is 0.436 e. The van der Waals surface area contributed by atoms with Gasteiger partial charge in [0, 0.05) is 13.1 Å². The van der Waals surface area contributed by atoms with Crippen molar-refractivity contribution in [2.75, 3.05) is 6.54 Å². The van der Waals surface area contributed by atoms with Crippen molar-refractivity contribution in [3.8, 4) is 0 Å². The number of nitrogens with one attached hydrogen (secondary N) is 1. The highest BCUT2D eigenvalue weighted by atomic mass is 79.9. The average molecular weight is 530 g/mol. The Morgan fingerprint density at radius 1 is 1.19 bits per heavy atom. The van der Waals surface area contributed by atoms with Crippen LogP contribution in [-0.4, -0.2) is 24.7 Å². The standard InChI is InChI=1S/C14H12BrCl3F3N3O2S/c1-7-12(15)13(14(19,20)21)23-24(7)4-2-3-22-27(25,26)11-6-9(17)8(16)5-10(11)18/h5-6,22H,2-4H2,1H3. The number of sulfonamides is 1. The third-order valence-electron chi connectivity index (χ3n) is 3.51. The van der Waals surface area contributed by atoms with Gasteiger partial charge in [0.05, 0.1) is 25.2 Å². The summed E-state index contributed by atoms with van der Waals surface area (Å²) in [5.74, 6) is 0. The first kappa shape index (κ1) is 22.8. The second-order valence-electron chi connectivity index (χ2n) is 5.42. The molecule has 0 atom stereocenters. The molecule has 0 aliphatic heterocycles. The Morgan fingerprint density at radius 3 is 2.33 bits per heavy atom. The van der Waals surface area contributed by atoms with Crippen LogP contribution < -0.4 is 4.72 Å². The molecule has 150 valence electrons. The summed E-state index contributed by atoms with van der Waals surface area (Å²) < 4.78 is 66.5. The van der Waals surface area contributed by atoms with Crippen LogP contribution in [0, 0.1) is 6.92 Å². The minimum atomic E-state index is -4.58. The Balaban J connectivity index is 2.04. The van der Waals surface area contributed by atoms with Gasteiger partial charge in [-0.05, 0) is 41.4 Å². The van der Waals surface area contributed by atoms with Crippen molar-refractivity contribution < 1.29 is 21.6 Å². The molecule has 2 rings (SSSR count). The number of halogens is 7. The largest absolute Gasteiger partial charge is 0.436 e. The summed E-state index contributed by atoms with van der Waals surface area (Å²) in [7, 11) is -3.96. The van der Waals surface area contributed by atoms with Gasteiger partial charge in [-0.1, -0.05) is 34.8 Å². The molecular formula is C14H12BrCl3F3N3O2S. The Labute approximate surface area is 177 Å². The van der Waals surface area contributed by atoms with Crippen molar-refractivity contribution in [3.63, 3.8) is 0 Å². The lowest BCUT2D eigenvalue weighted by molar-refractivity contribution is -0.142. The van der Waals surface area contributed by atoms with E-state index in [-0.39, 0.29) is 49.6 Å². The van der Waals surface area contributed by atoms with Crippen LogP contribution >= 0.6 is 50.7 Å². The van der Waals surface area contributed by atoms with E-state index in [0.29, 0.717) is 0 Å². The van der Waals surface area contributed by atoms with E-state index >= 15 is 0 Å². The van der Waals surface area contributed by atoms with Gasteiger partial charge in [-0.2, -0.15) is 18.3 Å². The number of hydrogen-bond acceptors (Lipinski definition) is 3. The Kier molecular flexibility index (Phi) is 7.13. The zero-order valence-electron chi connectivity index (χ0n) is 13.5. The molecule has 0 aliphatic rings. The van der Waals surface area contributed by atoms with Gasteiger partial charge < -0.3 is 0 Å². The SMILES string of the molecule is Cc1c(Br)c(C(F)(F)F)nn1CCCNS(=O)(=O)c1cc(Cl)c(Cl)cc1Cl. The van der Waals surface area contributed by atoms with Gasteiger partial charge in [-0.15, -0.1) is 0 Å². The van der Waals surface area contributed by atoms with E-state index in [4.69, 9.17) is 34.8 Å². The molecule has 0 fully saturated rings. The molecule has 5 nitrogen and oxygen atoms in total. The summed E-state index contributed by atoms with van der Waals surface area (Å²) in [6.45, 7) is 1.52. The molecule has 1 aromatic heterocycles. The summed E-state index contributed by atoms with van der Waals surface area (Å²) in [4.78, 5) is -0.240. The van der Waals surface area contributed by atoms with Crippen molar-refractivity contribution >= 4 is 60.8 Å². The van der Waals surface area contributed by atoms with E-state index in [1.165, 1.54) is 13.0 Å². The van der Waals surface area contributed by atoms with Crippen LogP contribution in [0.3, 0.4) is 0 Å². The number of benzene rings is 1. The molecule has 0 bridgehead atoms. The highest BCUT2D eigenvalue weighted by Crippen LogP contribution is 2.35.